The van der Waals surface area contributed by atoms with Gasteiger partial charge in [-0.05, 0) is 17.7 Å². The molecule has 0 heterocycles. The second-order valence-corrected chi connectivity index (χ2v) is 2.45. The van der Waals surface area contributed by atoms with Crippen LogP contribution >= 0.6 is 0 Å². The van der Waals surface area contributed by atoms with Crippen LogP contribution in [0.3, 0.4) is 0 Å². The minimum atomic E-state index is -0.759. The van der Waals surface area contributed by atoms with Gasteiger partial charge >= 0.3 is 0 Å². The van der Waals surface area contributed by atoms with Crippen molar-refractivity contribution in [2.75, 3.05) is 6.67 Å². The van der Waals surface area contributed by atoms with E-state index in [0.29, 0.717) is 11.8 Å². The Morgan fingerprint density at radius 2 is 1.92 bits per heavy atom. The van der Waals surface area contributed by atoms with Gasteiger partial charge in [0.25, 0.3) is 0 Å². The predicted octanol–water partition coefficient (Wildman–Crippen LogP) is 2.08. The van der Waals surface area contributed by atoms with E-state index in [1.807, 2.05) is 0 Å². The SMILES string of the molecule is O=CC(CF)c1ccc(F)cc1. The normalized spacial score (nSPS) is 12.5. The molecule has 0 fully saturated rings. The number of rotatable bonds is 3. The molecule has 1 aromatic carbocycles. The van der Waals surface area contributed by atoms with Crippen molar-refractivity contribution < 1.29 is 13.6 Å². The summed E-state index contributed by atoms with van der Waals surface area (Å²) in [6.07, 6.45) is 0.521. The van der Waals surface area contributed by atoms with Gasteiger partial charge in [0.2, 0.25) is 0 Å². The molecule has 12 heavy (non-hydrogen) atoms. The minimum absolute atomic E-state index is 0.387. The minimum Gasteiger partial charge on any atom is -0.303 e. The van der Waals surface area contributed by atoms with E-state index in [2.05, 4.69) is 0 Å². The number of hydrogen-bond acceptors (Lipinski definition) is 1. The van der Waals surface area contributed by atoms with Crippen molar-refractivity contribution in [1.82, 2.24) is 0 Å². The molecule has 1 aromatic rings. The maximum Gasteiger partial charge on any atom is 0.130 e. The van der Waals surface area contributed by atoms with Crippen LogP contribution in [0.5, 0.6) is 0 Å². The van der Waals surface area contributed by atoms with Gasteiger partial charge in [-0.15, -0.1) is 0 Å². The molecule has 0 N–H and O–H groups in total. The van der Waals surface area contributed by atoms with E-state index >= 15 is 0 Å². The van der Waals surface area contributed by atoms with Gasteiger partial charge in [-0.2, -0.15) is 0 Å². The molecule has 3 heteroatoms. The third-order valence-electron chi connectivity index (χ3n) is 1.63. The molecule has 0 aromatic heterocycles. The highest BCUT2D eigenvalue weighted by Gasteiger charge is 2.08. The summed E-state index contributed by atoms with van der Waals surface area (Å²) in [4.78, 5) is 10.3. The highest BCUT2D eigenvalue weighted by atomic mass is 19.1. The summed E-state index contributed by atoms with van der Waals surface area (Å²) in [5, 5.41) is 0. The zero-order valence-corrected chi connectivity index (χ0v) is 6.34. The van der Waals surface area contributed by atoms with Crippen LogP contribution in [-0.2, 0) is 4.79 Å². The summed E-state index contributed by atoms with van der Waals surface area (Å²) >= 11 is 0. The van der Waals surface area contributed by atoms with Crippen LogP contribution in [0.25, 0.3) is 0 Å². The lowest BCUT2D eigenvalue weighted by atomic mass is 10.0. The molecule has 1 unspecified atom stereocenters. The van der Waals surface area contributed by atoms with Crippen molar-refractivity contribution >= 4 is 6.29 Å². The molecule has 0 bridgehead atoms. The molecule has 0 radical (unpaired) electrons. The summed E-state index contributed by atoms with van der Waals surface area (Å²) in [5.41, 5.74) is 0.508. The maximum absolute atomic E-state index is 12.4. The fraction of sp³-hybridized carbons (Fsp3) is 0.222. The summed E-state index contributed by atoms with van der Waals surface area (Å²) in [6, 6.07) is 5.24. The second kappa shape index (κ2) is 3.95. The molecule has 0 aliphatic carbocycles. The highest BCUT2D eigenvalue weighted by Crippen LogP contribution is 2.14. The van der Waals surface area contributed by atoms with Crippen molar-refractivity contribution in [1.29, 1.82) is 0 Å². The number of aldehydes is 1. The monoisotopic (exact) mass is 170 g/mol. The van der Waals surface area contributed by atoms with Crippen molar-refractivity contribution in [3.63, 3.8) is 0 Å². The lowest BCUT2D eigenvalue weighted by Gasteiger charge is -2.04. The molecule has 64 valence electrons. The standard InChI is InChI=1S/C9H8F2O/c10-5-8(6-12)7-1-3-9(11)4-2-7/h1-4,6,8H,5H2. The Morgan fingerprint density at radius 1 is 1.33 bits per heavy atom. The van der Waals surface area contributed by atoms with Crippen LogP contribution < -0.4 is 0 Å². The Balaban J connectivity index is 2.87. The number of carbonyl (C=O) groups is 1. The Bertz CT molecular complexity index is 256. The average molecular weight is 170 g/mol. The summed E-state index contributed by atoms with van der Waals surface area (Å²) in [5.74, 6) is -1.15. The number of alkyl halides is 1. The second-order valence-electron chi connectivity index (χ2n) is 2.45. The Labute approximate surface area is 69.0 Å². The van der Waals surface area contributed by atoms with E-state index in [1.54, 1.807) is 0 Å². The molecule has 1 rings (SSSR count). The van der Waals surface area contributed by atoms with E-state index in [1.165, 1.54) is 24.3 Å². The van der Waals surface area contributed by atoms with Crippen LogP contribution in [0.15, 0.2) is 24.3 Å². The third-order valence-corrected chi connectivity index (χ3v) is 1.63. The lowest BCUT2D eigenvalue weighted by Crippen LogP contribution is -2.01. The maximum atomic E-state index is 12.4. The molecular weight excluding hydrogens is 162 g/mol. The van der Waals surface area contributed by atoms with Crippen LogP contribution in [0.2, 0.25) is 0 Å². The van der Waals surface area contributed by atoms with Gasteiger partial charge in [0.1, 0.15) is 18.8 Å². The zero-order chi connectivity index (χ0) is 8.97. The van der Waals surface area contributed by atoms with Crippen molar-refractivity contribution in [2.24, 2.45) is 0 Å². The molecule has 0 amide bonds. The van der Waals surface area contributed by atoms with Crippen molar-refractivity contribution in [2.45, 2.75) is 5.92 Å². The van der Waals surface area contributed by atoms with Gasteiger partial charge in [-0.1, -0.05) is 12.1 Å². The van der Waals surface area contributed by atoms with Crippen LogP contribution in [0, 0.1) is 5.82 Å². The van der Waals surface area contributed by atoms with Gasteiger partial charge in [0.15, 0.2) is 0 Å². The Hall–Kier alpha value is -1.25. The van der Waals surface area contributed by atoms with Gasteiger partial charge in [-0.3, -0.25) is 0 Å². The molecule has 0 aliphatic heterocycles. The molecule has 1 nitrogen and oxygen atoms in total. The van der Waals surface area contributed by atoms with E-state index in [4.69, 9.17) is 0 Å². The Kier molecular flexibility index (Phi) is 2.91. The summed E-state index contributed by atoms with van der Waals surface area (Å²) in [7, 11) is 0. The van der Waals surface area contributed by atoms with Crippen LogP contribution in [-0.4, -0.2) is 13.0 Å². The largest absolute Gasteiger partial charge is 0.303 e. The number of halogens is 2. The van der Waals surface area contributed by atoms with Gasteiger partial charge in [-0.25, -0.2) is 8.78 Å². The summed E-state index contributed by atoms with van der Waals surface area (Å²) in [6.45, 7) is -0.741. The van der Waals surface area contributed by atoms with E-state index in [9.17, 15) is 13.6 Å². The predicted molar refractivity (Wildman–Crippen MR) is 41.2 cm³/mol. The molecule has 0 spiro atoms. The fourth-order valence-electron chi connectivity index (χ4n) is 0.914. The highest BCUT2D eigenvalue weighted by molar-refractivity contribution is 5.62. The van der Waals surface area contributed by atoms with Gasteiger partial charge in [0.05, 0.1) is 5.92 Å². The first-order valence-corrected chi connectivity index (χ1v) is 3.54. The summed E-state index contributed by atoms with van der Waals surface area (Å²) < 4.78 is 24.5. The number of benzene rings is 1. The van der Waals surface area contributed by atoms with Crippen LogP contribution in [0.1, 0.15) is 11.5 Å². The van der Waals surface area contributed by atoms with Crippen LogP contribution in [0.4, 0.5) is 8.78 Å². The smallest absolute Gasteiger partial charge is 0.130 e. The van der Waals surface area contributed by atoms with E-state index in [-0.39, 0.29) is 5.82 Å². The Morgan fingerprint density at radius 3 is 2.33 bits per heavy atom. The topological polar surface area (TPSA) is 17.1 Å². The number of hydrogen-bond donors (Lipinski definition) is 0. The molecule has 0 saturated carbocycles. The third kappa shape index (κ3) is 1.87. The van der Waals surface area contributed by atoms with Gasteiger partial charge in [0, 0.05) is 0 Å². The average Bonchev–Trinajstić information content (AvgIpc) is 2.10. The number of carbonyl (C=O) groups excluding carboxylic acids is 1. The molecule has 1 atom stereocenters. The van der Waals surface area contributed by atoms with E-state index < -0.39 is 12.6 Å². The molecular formula is C9H8F2O. The van der Waals surface area contributed by atoms with Crippen molar-refractivity contribution in [3.05, 3.63) is 35.6 Å². The fourth-order valence-corrected chi connectivity index (χ4v) is 0.914. The zero-order valence-electron chi connectivity index (χ0n) is 6.34. The quantitative estimate of drug-likeness (QED) is 0.634. The first-order valence-electron chi connectivity index (χ1n) is 3.54. The first kappa shape index (κ1) is 8.84. The molecule has 0 saturated heterocycles. The van der Waals surface area contributed by atoms with Crippen molar-refractivity contribution in [3.8, 4) is 0 Å². The molecule has 0 aliphatic rings. The first-order chi connectivity index (χ1) is 5.77. The van der Waals surface area contributed by atoms with Gasteiger partial charge < -0.3 is 4.79 Å². The van der Waals surface area contributed by atoms with E-state index in [0.717, 1.165) is 0 Å². The lowest BCUT2D eigenvalue weighted by molar-refractivity contribution is -0.109.